The second-order valence-electron chi connectivity index (χ2n) is 16.9. The number of hydrogen-bond acceptors (Lipinski definition) is 11. The SMILES string of the molecule is CCCCC(CC)COCC(O)CN(CCCCCCN(CC(O)COCC(CC)CCCC)CC(O)COCC(CC)CCCC)CC(O)COCCCS(=O)O. The third kappa shape index (κ3) is 35.3. The number of nitrogens with zero attached hydrogens (tertiary/aromatic N) is 2. The van der Waals surface area contributed by atoms with Crippen molar-refractivity contribution in [1.82, 2.24) is 9.80 Å². The zero-order chi connectivity index (χ0) is 43.2. The Hall–Kier alpha value is -0.290. The molecule has 13 heteroatoms. The van der Waals surface area contributed by atoms with Gasteiger partial charge in [-0.2, -0.15) is 0 Å². The fraction of sp³-hybridized carbons (Fsp3) is 1.00. The van der Waals surface area contributed by atoms with Gasteiger partial charge in [-0.1, -0.05) is 112 Å². The summed E-state index contributed by atoms with van der Waals surface area (Å²) < 4.78 is 43.3. The smallest absolute Gasteiger partial charge is 0.152 e. The quantitative estimate of drug-likeness (QED) is 0.0318. The number of unbranched alkanes of at least 4 members (excludes halogenated alkanes) is 6. The highest BCUT2D eigenvalue weighted by Crippen LogP contribution is 2.16. The van der Waals surface area contributed by atoms with Gasteiger partial charge in [-0.25, -0.2) is 4.21 Å². The molecule has 5 N–H and O–H groups in total. The van der Waals surface area contributed by atoms with E-state index in [9.17, 15) is 24.6 Å². The topological polar surface area (TPSA) is 162 Å². The van der Waals surface area contributed by atoms with Gasteiger partial charge in [0.05, 0.1) is 56.6 Å². The lowest BCUT2D eigenvalue weighted by Crippen LogP contribution is -2.42. The normalized spacial score (nSPS) is 16.4. The van der Waals surface area contributed by atoms with Crippen LogP contribution in [0.25, 0.3) is 0 Å². The molecule has 0 aromatic rings. The standard InChI is InChI=1S/C45H94N2O10S/c1-7-13-21-39(10-4)32-55-36-43(49)29-46(28-42(48)35-54-26-20-27-58(52)53)24-18-16-17-19-25-47(30-44(50)37-56-33-40(11-5)22-14-8-2)31-45(51)38-57-34-41(12-6)23-15-9-3/h39-45,48-51H,7-38H2,1-6H3,(H,52,53). The number of ether oxygens (including phenoxy) is 4. The molecule has 0 amide bonds. The van der Waals surface area contributed by atoms with Crippen molar-refractivity contribution in [2.75, 3.05) is 97.9 Å². The summed E-state index contributed by atoms with van der Waals surface area (Å²) in [5, 5.41) is 43.6. The van der Waals surface area contributed by atoms with Crippen molar-refractivity contribution in [1.29, 1.82) is 0 Å². The molecule has 0 spiro atoms. The van der Waals surface area contributed by atoms with Crippen LogP contribution in [0.2, 0.25) is 0 Å². The van der Waals surface area contributed by atoms with E-state index in [-0.39, 0.29) is 32.2 Å². The van der Waals surface area contributed by atoms with E-state index in [0.29, 0.717) is 83.3 Å². The number of rotatable bonds is 45. The molecule has 0 bridgehead atoms. The zero-order valence-corrected chi connectivity index (χ0v) is 39.1. The highest BCUT2D eigenvalue weighted by molar-refractivity contribution is 7.79. The maximum atomic E-state index is 11.0. The van der Waals surface area contributed by atoms with E-state index in [0.717, 1.165) is 77.2 Å². The molecule has 0 aromatic carbocycles. The Labute approximate surface area is 358 Å². The van der Waals surface area contributed by atoms with Crippen molar-refractivity contribution in [2.24, 2.45) is 17.8 Å². The van der Waals surface area contributed by atoms with Gasteiger partial charge in [0.25, 0.3) is 0 Å². The Kier molecular flexibility index (Phi) is 40.6. The monoisotopic (exact) mass is 855 g/mol. The van der Waals surface area contributed by atoms with Gasteiger partial charge in [0.1, 0.15) is 0 Å². The predicted octanol–water partition coefficient (Wildman–Crippen LogP) is 6.92. The van der Waals surface area contributed by atoms with Crippen molar-refractivity contribution in [3.63, 3.8) is 0 Å². The van der Waals surface area contributed by atoms with Gasteiger partial charge in [-0.3, -0.25) is 9.80 Å². The molecule has 8 unspecified atom stereocenters. The van der Waals surface area contributed by atoms with Gasteiger partial charge < -0.3 is 43.9 Å². The van der Waals surface area contributed by atoms with Gasteiger partial charge in [0.15, 0.2) is 11.1 Å². The summed E-state index contributed by atoms with van der Waals surface area (Å²) in [5.74, 6) is 1.67. The second kappa shape index (κ2) is 40.8. The van der Waals surface area contributed by atoms with Crippen molar-refractivity contribution in [3.05, 3.63) is 0 Å². The van der Waals surface area contributed by atoms with Gasteiger partial charge in [-0.05, 0) is 69.4 Å². The highest BCUT2D eigenvalue weighted by atomic mass is 32.2. The van der Waals surface area contributed by atoms with Crippen LogP contribution in [0.4, 0.5) is 0 Å². The molecule has 8 atom stereocenters. The Morgan fingerprint density at radius 2 is 0.776 bits per heavy atom. The van der Waals surface area contributed by atoms with E-state index in [1.54, 1.807) is 0 Å². The lowest BCUT2D eigenvalue weighted by atomic mass is 10.0. The molecular formula is C45H94N2O10S. The van der Waals surface area contributed by atoms with Gasteiger partial charge in [0, 0.05) is 52.6 Å². The van der Waals surface area contributed by atoms with Crippen LogP contribution < -0.4 is 0 Å². The molecular weight excluding hydrogens is 761 g/mol. The average molecular weight is 855 g/mol. The molecule has 0 radical (unpaired) electrons. The lowest BCUT2D eigenvalue weighted by molar-refractivity contribution is -0.0208. The predicted molar refractivity (Wildman–Crippen MR) is 239 cm³/mol. The summed E-state index contributed by atoms with van der Waals surface area (Å²) >= 11 is -1.85. The van der Waals surface area contributed by atoms with E-state index in [1.807, 2.05) is 0 Å². The second-order valence-corrected chi connectivity index (χ2v) is 17.9. The maximum Gasteiger partial charge on any atom is 0.152 e. The third-order valence-corrected chi connectivity index (χ3v) is 11.8. The summed E-state index contributed by atoms with van der Waals surface area (Å²) in [6.07, 6.45) is 15.2. The Morgan fingerprint density at radius 3 is 1.07 bits per heavy atom. The first-order valence-electron chi connectivity index (χ1n) is 23.6. The third-order valence-electron chi connectivity index (χ3n) is 11.1. The van der Waals surface area contributed by atoms with Crippen molar-refractivity contribution >= 4 is 11.1 Å². The molecule has 350 valence electrons. The van der Waals surface area contributed by atoms with Crippen LogP contribution >= 0.6 is 0 Å². The minimum Gasteiger partial charge on any atom is -0.389 e. The molecule has 0 aliphatic heterocycles. The summed E-state index contributed by atoms with van der Waals surface area (Å²) in [6, 6.07) is 0. The molecule has 0 saturated carbocycles. The van der Waals surface area contributed by atoms with E-state index >= 15 is 0 Å². The van der Waals surface area contributed by atoms with Gasteiger partial charge in [-0.15, -0.1) is 0 Å². The van der Waals surface area contributed by atoms with Crippen LogP contribution in [0.15, 0.2) is 0 Å². The summed E-state index contributed by atoms with van der Waals surface area (Å²) in [6.45, 7) is 19.4. The summed E-state index contributed by atoms with van der Waals surface area (Å²) in [4.78, 5) is 4.22. The molecule has 12 nitrogen and oxygen atoms in total. The minimum absolute atomic E-state index is 0.121. The van der Waals surface area contributed by atoms with Gasteiger partial charge in [0.2, 0.25) is 0 Å². The van der Waals surface area contributed by atoms with Crippen LogP contribution in [0.3, 0.4) is 0 Å². The van der Waals surface area contributed by atoms with Crippen molar-refractivity contribution in [3.8, 4) is 0 Å². The van der Waals surface area contributed by atoms with E-state index in [1.165, 1.54) is 32.1 Å². The van der Waals surface area contributed by atoms with Crippen molar-refractivity contribution < 1.29 is 48.1 Å². The van der Waals surface area contributed by atoms with Crippen LogP contribution in [-0.2, 0) is 30.0 Å². The van der Waals surface area contributed by atoms with Crippen molar-refractivity contribution in [2.45, 2.75) is 175 Å². The van der Waals surface area contributed by atoms with E-state index < -0.39 is 35.5 Å². The molecule has 0 saturated heterocycles. The fourth-order valence-electron chi connectivity index (χ4n) is 7.25. The Balaban J connectivity index is 5.18. The molecule has 0 aromatic heterocycles. The molecule has 0 aliphatic rings. The van der Waals surface area contributed by atoms with Gasteiger partial charge >= 0.3 is 0 Å². The summed E-state index contributed by atoms with van der Waals surface area (Å²) in [7, 11) is 0. The number of hydrogen-bond donors (Lipinski definition) is 5. The van der Waals surface area contributed by atoms with Crippen LogP contribution in [-0.4, -0.2) is 161 Å². The number of aliphatic hydroxyl groups is 4. The van der Waals surface area contributed by atoms with Crippen LogP contribution in [0.5, 0.6) is 0 Å². The molecule has 0 rings (SSSR count). The summed E-state index contributed by atoms with van der Waals surface area (Å²) in [5.41, 5.74) is 0. The zero-order valence-electron chi connectivity index (χ0n) is 38.2. The average Bonchev–Trinajstić information content (AvgIpc) is 3.19. The van der Waals surface area contributed by atoms with Crippen LogP contribution in [0.1, 0.15) is 151 Å². The first-order chi connectivity index (χ1) is 28.0. The first kappa shape index (κ1) is 57.7. The van der Waals surface area contributed by atoms with Crippen LogP contribution in [0, 0.1) is 17.8 Å². The first-order valence-corrected chi connectivity index (χ1v) is 24.8. The van der Waals surface area contributed by atoms with E-state index in [2.05, 4.69) is 51.3 Å². The molecule has 0 fully saturated rings. The number of aliphatic hydroxyl groups excluding tert-OH is 4. The lowest BCUT2D eigenvalue weighted by Gasteiger charge is -2.28. The molecule has 0 heterocycles. The molecule has 58 heavy (non-hydrogen) atoms. The Bertz CT molecular complexity index is 866. The molecule has 0 aliphatic carbocycles. The Morgan fingerprint density at radius 1 is 0.448 bits per heavy atom. The highest BCUT2D eigenvalue weighted by Gasteiger charge is 2.20. The fourth-order valence-corrected chi connectivity index (χ4v) is 7.62. The maximum absolute atomic E-state index is 11.0. The van der Waals surface area contributed by atoms with E-state index in [4.69, 9.17) is 23.5 Å². The minimum atomic E-state index is -1.85. The largest absolute Gasteiger partial charge is 0.389 e.